The molecule has 0 radical (unpaired) electrons. The molecule has 1 aromatic rings. The van der Waals surface area contributed by atoms with Crippen LogP contribution in [-0.4, -0.2) is 23.4 Å². The van der Waals surface area contributed by atoms with Crippen LogP contribution in [0.25, 0.3) is 0 Å². The van der Waals surface area contributed by atoms with Crippen molar-refractivity contribution in [2.75, 3.05) is 7.11 Å². The van der Waals surface area contributed by atoms with Crippen molar-refractivity contribution in [3.8, 4) is 5.75 Å². The Kier molecular flexibility index (Phi) is 4.75. The maximum atomic E-state index is 11.3. The number of carbonyl (C=O) groups is 1. The molecule has 2 rings (SSSR count). The molecule has 0 saturated heterocycles. The maximum absolute atomic E-state index is 11.3. The van der Waals surface area contributed by atoms with Crippen LogP contribution in [-0.2, 0) is 4.79 Å². The van der Waals surface area contributed by atoms with Crippen LogP contribution in [0.15, 0.2) is 29.2 Å². The zero-order valence-corrected chi connectivity index (χ0v) is 12.2. The Balaban J connectivity index is 2.11. The average molecular weight is 280 g/mol. The molecule has 0 bridgehead atoms. The van der Waals surface area contributed by atoms with E-state index in [2.05, 4.69) is 6.92 Å². The molecule has 3 nitrogen and oxygen atoms in total. The van der Waals surface area contributed by atoms with Gasteiger partial charge in [-0.05, 0) is 43.4 Å². The standard InChI is InChI=1S/C15H20O3S/c1-10-6-7-13(15(16)17)14(8-10)19-12-5-3-4-11(9-12)18-2/h3-5,9-10,13-14H,6-8H2,1-2H3,(H,16,17). The first-order valence-corrected chi connectivity index (χ1v) is 7.51. The van der Waals surface area contributed by atoms with Gasteiger partial charge in [-0.1, -0.05) is 13.0 Å². The summed E-state index contributed by atoms with van der Waals surface area (Å²) < 4.78 is 5.21. The molecular formula is C15H20O3S. The number of benzene rings is 1. The third-order valence-corrected chi connectivity index (χ3v) is 5.05. The molecule has 1 fully saturated rings. The number of carboxylic acids is 1. The molecule has 3 atom stereocenters. The summed E-state index contributed by atoms with van der Waals surface area (Å²) in [7, 11) is 1.65. The van der Waals surface area contributed by atoms with Gasteiger partial charge < -0.3 is 9.84 Å². The topological polar surface area (TPSA) is 46.5 Å². The van der Waals surface area contributed by atoms with Crippen molar-refractivity contribution in [1.82, 2.24) is 0 Å². The fraction of sp³-hybridized carbons (Fsp3) is 0.533. The van der Waals surface area contributed by atoms with Crippen LogP contribution in [0.3, 0.4) is 0 Å². The van der Waals surface area contributed by atoms with Crippen LogP contribution in [0.4, 0.5) is 0 Å². The minimum absolute atomic E-state index is 0.161. The molecule has 1 saturated carbocycles. The lowest BCUT2D eigenvalue weighted by Crippen LogP contribution is -2.32. The van der Waals surface area contributed by atoms with Crippen LogP contribution >= 0.6 is 11.8 Å². The minimum atomic E-state index is -0.660. The van der Waals surface area contributed by atoms with Gasteiger partial charge in [-0.2, -0.15) is 0 Å². The summed E-state index contributed by atoms with van der Waals surface area (Å²) in [5.74, 6) is 0.541. The smallest absolute Gasteiger partial charge is 0.307 e. The van der Waals surface area contributed by atoms with E-state index in [4.69, 9.17) is 4.74 Å². The second-order valence-electron chi connectivity index (χ2n) is 5.20. The summed E-state index contributed by atoms with van der Waals surface area (Å²) in [5, 5.41) is 9.50. The normalized spacial score (nSPS) is 26.9. The number of rotatable bonds is 4. The molecule has 3 unspecified atom stereocenters. The summed E-state index contributed by atoms with van der Waals surface area (Å²) in [6.45, 7) is 2.21. The molecule has 0 heterocycles. The van der Waals surface area contributed by atoms with E-state index in [0.717, 1.165) is 29.9 Å². The number of aliphatic carboxylic acids is 1. The molecule has 104 valence electrons. The molecule has 0 aromatic heterocycles. The third-order valence-electron chi connectivity index (χ3n) is 3.70. The first kappa shape index (κ1) is 14.3. The monoisotopic (exact) mass is 280 g/mol. The molecule has 1 N–H and O–H groups in total. The number of methoxy groups -OCH3 is 1. The van der Waals surface area contributed by atoms with Gasteiger partial charge in [-0.25, -0.2) is 0 Å². The second kappa shape index (κ2) is 6.33. The largest absolute Gasteiger partial charge is 0.497 e. The third kappa shape index (κ3) is 3.66. The van der Waals surface area contributed by atoms with Crippen molar-refractivity contribution < 1.29 is 14.6 Å². The van der Waals surface area contributed by atoms with E-state index in [1.54, 1.807) is 18.9 Å². The molecule has 1 aliphatic carbocycles. The van der Waals surface area contributed by atoms with Gasteiger partial charge in [0.05, 0.1) is 13.0 Å². The van der Waals surface area contributed by atoms with Crippen LogP contribution in [0.2, 0.25) is 0 Å². The molecule has 0 amide bonds. The molecule has 1 aliphatic rings. The van der Waals surface area contributed by atoms with Crippen LogP contribution < -0.4 is 4.74 Å². The number of hydrogen-bond donors (Lipinski definition) is 1. The van der Waals surface area contributed by atoms with E-state index in [-0.39, 0.29) is 11.2 Å². The van der Waals surface area contributed by atoms with Crippen molar-refractivity contribution in [2.45, 2.75) is 36.3 Å². The molecule has 0 spiro atoms. The molecular weight excluding hydrogens is 260 g/mol. The number of hydrogen-bond acceptors (Lipinski definition) is 3. The Morgan fingerprint density at radius 3 is 2.89 bits per heavy atom. The van der Waals surface area contributed by atoms with Crippen LogP contribution in [0, 0.1) is 11.8 Å². The Hall–Kier alpha value is -1.16. The number of thioether (sulfide) groups is 1. The lowest BCUT2D eigenvalue weighted by atomic mass is 9.82. The van der Waals surface area contributed by atoms with E-state index in [0.29, 0.717) is 5.92 Å². The molecule has 19 heavy (non-hydrogen) atoms. The fourth-order valence-electron chi connectivity index (χ4n) is 2.59. The fourth-order valence-corrected chi connectivity index (χ4v) is 4.12. The zero-order valence-electron chi connectivity index (χ0n) is 11.3. The average Bonchev–Trinajstić information content (AvgIpc) is 2.38. The minimum Gasteiger partial charge on any atom is -0.497 e. The highest BCUT2D eigenvalue weighted by molar-refractivity contribution is 8.00. The van der Waals surface area contributed by atoms with Gasteiger partial charge in [0.2, 0.25) is 0 Å². The zero-order chi connectivity index (χ0) is 13.8. The van der Waals surface area contributed by atoms with Crippen molar-refractivity contribution in [1.29, 1.82) is 0 Å². The molecule has 1 aromatic carbocycles. The number of ether oxygens (including phenoxy) is 1. The van der Waals surface area contributed by atoms with E-state index >= 15 is 0 Å². The Morgan fingerprint density at radius 1 is 1.42 bits per heavy atom. The lowest BCUT2D eigenvalue weighted by Gasteiger charge is -2.31. The van der Waals surface area contributed by atoms with E-state index in [9.17, 15) is 9.90 Å². The van der Waals surface area contributed by atoms with E-state index in [1.165, 1.54) is 0 Å². The van der Waals surface area contributed by atoms with Crippen LogP contribution in [0.1, 0.15) is 26.2 Å². The van der Waals surface area contributed by atoms with Crippen molar-refractivity contribution in [3.63, 3.8) is 0 Å². The van der Waals surface area contributed by atoms with E-state index < -0.39 is 5.97 Å². The summed E-state index contributed by atoms with van der Waals surface area (Å²) in [6, 6.07) is 7.85. The highest BCUT2D eigenvalue weighted by Crippen LogP contribution is 2.40. The highest BCUT2D eigenvalue weighted by Gasteiger charge is 2.34. The Morgan fingerprint density at radius 2 is 2.21 bits per heavy atom. The quantitative estimate of drug-likeness (QED) is 0.914. The van der Waals surface area contributed by atoms with Gasteiger partial charge in [0, 0.05) is 10.1 Å². The summed E-state index contributed by atoms with van der Waals surface area (Å²) in [6.07, 6.45) is 2.78. The van der Waals surface area contributed by atoms with Crippen molar-refractivity contribution >= 4 is 17.7 Å². The van der Waals surface area contributed by atoms with Gasteiger partial charge >= 0.3 is 5.97 Å². The molecule has 0 aliphatic heterocycles. The molecule has 4 heteroatoms. The van der Waals surface area contributed by atoms with Crippen LogP contribution in [0.5, 0.6) is 5.75 Å². The van der Waals surface area contributed by atoms with Gasteiger partial charge in [0.15, 0.2) is 0 Å². The summed E-state index contributed by atoms with van der Waals surface area (Å²) in [5.41, 5.74) is 0. The first-order chi connectivity index (χ1) is 9.10. The first-order valence-electron chi connectivity index (χ1n) is 6.63. The van der Waals surface area contributed by atoms with Crippen molar-refractivity contribution in [2.24, 2.45) is 11.8 Å². The SMILES string of the molecule is COc1cccc(SC2CC(C)CCC2C(=O)O)c1. The Labute approximate surface area is 118 Å². The number of carboxylic acid groups (broad SMARTS) is 1. The van der Waals surface area contributed by atoms with Gasteiger partial charge in [0.1, 0.15) is 5.75 Å². The predicted molar refractivity (Wildman–Crippen MR) is 76.8 cm³/mol. The van der Waals surface area contributed by atoms with Crippen molar-refractivity contribution in [3.05, 3.63) is 24.3 Å². The summed E-state index contributed by atoms with van der Waals surface area (Å²) >= 11 is 1.67. The lowest BCUT2D eigenvalue weighted by molar-refractivity contribution is -0.142. The highest BCUT2D eigenvalue weighted by atomic mass is 32.2. The van der Waals surface area contributed by atoms with Gasteiger partial charge in [-0.3, -0.25) is 4.79 Å². The predicted octanol–water partition coefficient (Wildman–Crippen LogP) is 3.68. The second-order valence-corrected chi connectivity index (χ2v) is 6.51. The summed E-state index contributed by atoms with van der Waals surface area (Å²) in [4.78, 5) is 12.4. The van der Waals surface area contributed by atoms with E-state index in [1.807, 2.05) is 24.3 Å². The maximum Gasteiger partial charge on any atom is 0.307 e. The Bertz CT molecular complexity index is 447. The van der Waals surface area contributed by atoms with Gasteiger partial charge in [0.25, 0.3) is 0 Å². The van der Waals surface area contributed by atoms with Gasteiger partial charge in [-0.15, -0.1) is 11.8 Å².